The van der Waals surface area contributed by atoms with Crippen LogP contribution in [0.4, 0.5) is 0 Å². The van der Waals surface area contributed by atoms with Crippen molar-refractivity contribution >= 4 is 9.84 Å². The van der Waals surface area contributed by atoms with Crippen molar-refractivity contribution in [2.24, 2.45) is 11.1 Å². The summed E-state index contributed by atoms with van der Waals surface area (Å²) in [5.74, 6) is 0. The van der Waals surface area contributed by atoms with Gasteiger partial charge < -0.3 is 5.73 Å². The highest BCUT2D eigenvalue weighted by Gasteiger charge is 2.54. The van der Waals surface area contributed by atoms with Gasteiger partial charge in [-0.2, -0.15) is 0 Å². The van der Waals surface area contributed by atoms with E-state index in [0.717, 1.165) is 32.4 Å². The first-order valence-electron chi connectivity index (χ1n) is 7.97. The van der Waals surface area contributed by atoms with Crippen LogP contribution in [-0.4, -0.2) is 50.0 Å². The Hall–Kier alpha value is -0.130. The third-order valence-electron chi connectivity index (χ3n) is 6.11. The van der Waals surface area contributed by atoms with Crippen LogP contribution in [0.25, 0.3) is 0 Å². The van der Waals surface area contributed by atoms with Gasteiger partial charge in [0.2, 0.25) is 0 Å². The Labute approximate surface area is 124 Å². The first-order valence-corrected chi connectivity index (χ1v) is 9.93. The summed E-state index contributed by atoms with van der Waals surface area (Å²) >= 11 is 0. The van der Waals surface area contributed by atoms with E-state index in [9.17, 15) is 8.42 Å². The third kappa shape index (κ3) is 2.53. The summed E-state index contributed by atoms with van der Waals surface area (Å²) in [4.78, 5) is 2.43. The van der Waals surface area contributed by atoms with E-state index in [1.807, 2.05) is 0 Å². The van der Waals surface area contributed by atoms with E-state index in [0.29, 0.717) is 12.0 Å². The SMILES string of the molecule is CCC1(CC)CCN(C2(CN)CCCC2S(C)(=O)=O)C1. The topological polar surface area (TPSA) is 63.4 Å². The van der Waals surface area contributed by atoms with Crippen molar-refractivity contribution in [3.8, 4) is 0 Å². The van der Waals surface area contributed by atoms with E-state index in [-0.39, 0.29) is 10.8 Å². The van der Waals surface area contributed by atoms with Crippen LogP contribution in [0.2, 0.25) is 0 Å². The number of nitrogens with two attached hydrogens (primary N) is 1. The largest absolute Gasteiger partial charge is 0.329 e. The van der Waals surface area contributed by atoms with E-state index >= 15 is 0 Å². The van der Waals surface area contributed by atoms with Crippen molar-refractivity contribution in [2.75, 3.05) is 25.9 Å². The van der Waals surface area contributed by atoms with Gasteiger partial charge in [-0.15, -0.1) is 0 Å². The standard InChI is InChI=1S/C15H30N2O2S/c1-4-14(5-2)9-10-17(12-14)15(11-16)8-6-7-13(15)20(3,18)19/h13H,4-12,16H2,1-3H3. The molecule has 2 atom stereocenters. The zero-order valence-electron chi connectivity index (χ0n) is 13.2. The van der Waals surface area contributed by atoms with Crippen molar-refractivity contribution in [1.29, 1.82) is 0 Å². The monoisotopic (exact) mass is 302 g/mol. The molecule has 0 aromatic carbocycles. The lowest BCUT2D eigenvalue weighted by Gasteiger charge is -2.43. The second kappa shape index (κ2) is 5.58. The molecule has 1 saturated carbocycles. The van der Waals surface area contributed by atoms with Crippen molar-refractivity contribution < 1.29 is 8.42 Å². The van der Waals surface area contributed by atoms with E-state index in [1.54, 1.807) is 0 Å². The Morgan fingerprint density at radius 2 is 1.90 bits per heavy atom. The van der Waals surface area contributed by atoms with E-state index < -0.39 is 9.84 Å². The Bertz CT molecular complexity index is 445. The Morgan fingerprint density at radius 3 is 2.35 bits per heavy atom. The molecule has 2 N–H and O–H groups in total. The van der Waals surface area contributed by atoms with Crippen LogP contribution in [-0.2, 0) is 9.84 Å². The molecule has 0 aromatic heterocycles. The number of nitrogens with zero attached hydrogens (tertiary/aromatic N) is 1. The fraction of sp³-hybridized carbons (Fsp3) is 1.00. The predicted octanol–water partition coefficient (Wildman–Crippen LogP) is 1.79. The van der Waals surface area contributed by atoms with Gasteiger partial charge in [-0.05, 0) is 44.1 Å². The van der Waals surface area contributed by atoms with E-state index in [1.165, 1.54) is 25.5 Å². The molecule has 2 aliphatic rings. The lowest BCUT2D eigenvalue weighted by Crippen LogP contribution is -2.60. The fourth-order valence-corrected chi connectivity index (χ4v) is 6.26. The molecule has 5 heteroatoms. The summed E-state index contributed by atoms with van der Waals surface area (Å²) in [6.45, 7) is 7.00. The molecule has 20 heavy (non-hydrogen) atoms. The molecule has 0 amide bonds. The van der Waals surface area contributed by atoms with Crippen LogP contribution < -0.4 is 5.73 Å². The fourth-order valence-electron chi connectivity index (χ4n) is 4.50. The summed E-state index contributed by atoms with van der Waals surface area (Å²) in [7, 11) is -3.03. The van der Waals surface area contributed by atoms with Crippen LogP contribution >= 0.6 is 0 Å². The van der Waals surface area contributed by atoms with Crippen LogP contribution in [0.3, 0.4) is 0 Å². The molecule has 1 aliphatic carbocycles. The minimum absolute atomic E-state index is 0.274. The minimum Gasteiger partial charge on any atom is -0.329 e. The molecule has 4 nitrogen and oxygen atoms in total. The molecule has 118 valence electrons. The second-order valence-corrected chi connectivity index (χ2v) is 9.12. The van der Waals surface area contributed by atoms with Gasteiger partial charge in [-0.1, -0.05) is 20.3 Å². The van der Waals surface area contributed by atoms with Crippen LogP contribution in [0.1, 0.15) is 52.4 Å². The van der Waals surface area contributed by atoms with Crippen molar-refractivity contribution in [1.82, 2.24) is 4.90 Å². The first kappa shape index (κ1) is 16.2. The molecule has 2 fully saturated rings. The van der Waals surface area contributed by atoms with Gasteiger partial charge in [0.25, 0.3) is 0 Å². The summed E-state index contributed by atoms with van der Waals surface area (Å²) in [6.07, 6.45) is 7.60. The summed E-state index contributed by atoms with van der Waals surface area (Å²) in [5.41, 5.74) is 6.16. The predicted molar refractivity (Wildman–Crippen MR) is 83.5 cm³/mol. The smallest absolute Gasteiger partial charge is 0.152 e. The van der Waals surface area contributed by atoms with Crippen molar-refractivity contribution in [2.45, 2.75) is 63.2 Å². The zero-order chi connectivity index (χ0) is 15.0. The highest BCUT2D eigenvalue weighted by Crippen LogP contribution is 2.46. The van der Waals surface area contributed by atoms with Gasteiger partial charge in [0.15, 0.2) is 9.84 Å². The van der Waals surface area contributed by atoms with E-state index in [4.69, 9.17) is 5.73 Å². The van der Waals surface area contributed by atoms with E-state index in [2.05, 4.69) is 18.7 Å². The maximum atomic E-state index is 12.2. The average molecular weight is 302 g/mol. The summed E-state index contributed by atoms with van der Waals surface area (Å²) < 4.78 is 24.4. The van der Waals surface area contributed by atoms with Gasteiger partial charge in [0.1, 0.15) is 0 Å². The van der Waals surface area contributed by atoms with Crippen molar-refractivity contribution in [3.05, 3.63) is 0 Å². The Balaban J connectivity index is 2.29. The third-order valence-corrected chi connectivity index (χ3v) is 7.82. The Morgan fingerprint density at radius 1 is 1.25 bits per heavy atom. The highest BCUT2D eigenvalue weighted by atomic mass is 32.2. The molecule has 1 aliphatic heterocycles. The van der Waals surface area contributed by atoms with Crippen LogP contribution in [0.15, 0.2) is 0 Å². The summed E-state index contributed by atoms with van der Waals surface area (Å²) in [5, 5.41) is -0.274. The Kier molecular flexibility index (Phi) is 4.53. The molecule has 2 rings (SSSR count). The van der Waals surface area contributed by atoms with Gasteiger partial charge >= 0.3 is 0 Å². The molecule has 0 aromatic rings. The normalized spacial score (nSPS) is 34.7. The zero-order valence-corrected chi connectivity index (χ0v) is 14.0. The van der Waals surface area contributed by atoms with Crippen molar-refractivity contribution in [3.63, 3.8) is 0 Å². The van der Waals surface area contributed by atoms with Gasteiger partial charge in [0, 0.05) is 24.9 Å². The van der Waals surface area contributed by atoms with Gasteiger partial charge in [0.05, 0.1) is 5.25 Å². The first-order chi connectivity index (χ1) is 9.33. The molecular weight excluding hydrogens is 272 g/mol. The quantitative estimate of drug-likeness (QED) is 0.841. The highest BCUT2D eigenvalue weighted by molar-refractivity contribution is 7.91. The maximum Gasteiger partial charge on any atom is 0.152 e. The van der Waals surface area contributed by atoms with Crippen LogP contribution in [0.5, 0.6) is 0 Å². The molecule has 0 spiro atoms. The van der Waals surface area contributed by atoms with Gasteiger partial charge in [-0.3, -0.25) is 4.90 Å². The van der Waals surface area contributed by atoms with Gasteiger partial charge in [-0.25, -0.2) is 8.42 Å². The number of likely N-dealkylation sites (tertiary alicyclic amines) is 1. The lowest BCUT2D eigenvalue weighted by molar-refractivity contribution is 0.110. The molecule has 0 radical (unpaired) electrons. The van der Waals surface area contributed by atoms with Crippen LogP contribution in [0, 0.1) is 5.41 Å². The number of sulfone groups is 1. The molecule has 2 unspecified atom stereocenters. The molecular formula is C15H30N2O2S. The molecule has 1 heterocycles. The maximum absolute atomic E-state index is 12.2. The summed E-state index contributed by atoms with van der Waals surface area (Å²) in [6, 6.07) is 0. The lowest BCUT2D eigenvalue weighted by atomic mass is 9.81. The molecule has 1 saturated heterocycles. The second-order valence-electron chi connectivity index (χ2n) is 6.90. The number of hydrogen-bond donors (Lipinski definition) is 1. The average Bonchev–Trinajstić information content (AvgIpc) is 3.03. The minimum atomic E-state index is -3.03. The number of hydrogen-bond acceptors (Lipinski definition) is 4. The molecule has 0 bridgehead atoms. The number of rotatable bonds is 5.